The molecule has 0 atom stereocenters. The maximum Gasteiger partial charge on any atom is 0.253 e. The largest absolute Gasteiger partial charge is 0.496 e. The van der Waals surface area contributed by atoms with Gasteiger partial charge in [0.15, 0.2) is 0 Å². The molecule has 0 radical (unpaired) electrons. The Bertz CT molecular complexity index is 1650. The van der Waals surface area contributed by atoms with Gasteiger partial charge in [-0.05, 0) is 55.6 Å². The number of aromatic nitrogens is 2. The molecule has 1 aromatic heterocycles. The van der Waals surface area contributed by atoms with Gasteiger partial charge in [0.25, 0.3) is 5.91 Å². The molecule has 1 saturated heterocycles. The third-order valence-corrected chi connectivity index (χ3v) is 7.61. The van der Waals surface area contributed by atoms with Crippen molar-refractivity contribution in [2.75, 3.05) is 45.7 Å². The molecule has 8 nitrogen and oxygen atoms in total. The fraction of sp³-hybridized carbons (Fsp3) is 0.250. The van der Waals surface area contributed by atoms with E-state index in [1.807, 2.05) is 35.2 Å². The van der Waals surface area contributed by atoms with Gasteiger partial charge in [-0.1, -0.05) is 31.2 Å². The minimum absolute atomic E-state index is 0. The minimum atomic E-state index is -0.442. The molecule has 216 valence electrons. The molecule has 2 aliphatic heterocycles. The van der Waals surface area contributed by atoms with Gasteiger partial charge in [0.2, 0.25) is 5.95 Å². The lowest BCUT2D eigenvalue weighted by atomic mass is 9.94. The van der Waals surface area contributed by atoms with Gasteiger partial charge in [-0.25, -0.2) is 14.4 Å². The number of ether oxygens (including phenoxy) is 1. The lowest BCUT2D eigenvalue weighted by molar-refractivity contribution is 0.0664. The standard InChI is InChI=1S/C31H28ClFN6O2.CH4/c1-38-12-14-39(15-13-38)30(40)19-6-9-22(10-7-19)36-31-35-18-20-17-34-29(27-25(33)4-3-5-26(27)41-2)24-16-21(32)8-11-23(24)28(20)37-31;/h3-11,16,18H,12-15,17H2,1-2H3,(H,35,36,37);1H4. The van der Waals surface area contributed by atoms with Gasteiger partial charge in [0.05, 0.1) is 30.6 Å². The van der Waals surface area contributed by atoms with E-state index in [0.717, 1.165) is 43.0 Å². The number of carbonyl (C=O) groups excluding carboxylic acids is 1. The number of rotatable bonds is 5. The number of hydrogen-bond acceptors (Lipinski definition) is 7. The molecule has 2 aliphatic rings. The van der Waals surface area contributed by atoms with Crippen LogP contribution in [0.1, 0.15) is 34.5 Å². The Hall–Kier alpha value is -4.34. The molecule has 0 saturated carbocycles. The Morgan fingerprint density at radius 1 is 1.02 bits per heavy atom. The number of benzene rings is 3. The highest BCUT2D eigenvalue weighted by Crippen LogP contribution is 2.36. The smallest absolute Gasteiger partial charge is 0.253 e. The van der Waals surface area contributed by atoms with Crippen LogP contribution in [0, 0.1) is 5.82 Å². The van der Waals surface area contributed by atoms with Gasteiger partial charge in [0, 0.05) is 65.3 Å². The quantitative estimate of drug-likeness (QED) is 0.306. The summed E-state index contributed by atoms with van der Waals surface area (Å²) in [4.78, 5) is 31.1. The van der Waals surface area contributed by atoms with Crippen LogP contribution in [0.2, 0.25) is 5.02 Å². The maximum absolute atomic E-state index is 15.1. The number of carbonyl (C=O) groups is 1. The molecular formula is C32H32ClFN6O2. The first-order valence-electron chi connectivity index (χ1n) is 13.3. The van der Waals surface area contributed by atoms with Crippen molar-refractivity contribution in [3.63, 3.8) is 0 Å². The van der Waals surface area contributed by atoms with Crippen LogP contribution in [0.5, 0.6) is 5.75 Å². The Morgan fingerprint density at radius 3 is 2.52 bits per heavy atom. The third kappa shape index (κ3) is 5.70. The highest BCUT2D eigenvalue weighted by molar-refractivity contribution is 6.31. The van der Waals surface area contributed by atoms with Crippen molar-refractivity contribution in [2.24, 2.45) is 4.99 Å². The predicted octanol–water partition coefficient (Wildman–Crippen LogP) is 6.06. The third-order valence-electron chi connectivity index (χ3n) is 7.37. The molecule has 4 aromatic rings. The first-order chi connectivity index (χ1) is 19.9. The van der Waals surface area contributed by atoms with Crippen molar-refractivity contribution in [1.29, 1.82) is 0 Å². The fourth-order valence-corrected chi connectivity index (χ4v) is 5.29. The summed E-state index contributed by atoms with van der Waals surface area (Å²) in [6.45, 7) is 3.44. The van der Waals surface area contributed by atoms with E-state index in [1.165, 1.54) is 13.2 Å². The first-order valence-corrected chi connectivity index (χ1v) is 13.7. The highest BCUT2D eigenvalue weighted by Gasteiger charge is 2.26. The van der Waals surface area contributed by atoms with Gasteiger partial charge in [-0.3, -0.25) is 9.79 Å². The van der Waals surface area contributed by atoms with E-state index >= 15 is 4.39 Å². The second-order valence-electron chi connectivity index (χ2n) is 10.0. The number of fused-ring (bicyclic) bond motifs is 3. The number of hydrogen-bond donors (Lipinski definition) is 1. The summed E-state index contributed by atoms with van der Waals surface area (Å²) in [6, 6.07) is 17.4. The van der Waals surface area contributed by atoms with E-state index < -0.39 is 5.82 Å². The molecule has 0 bridgehead atoms. The van der Waals surface area contributed by atoms with Crippen LogP contribution in [0.3, 0.4) is 0 Å². The average Bonchev–Trinajstić information content (AvgIpc) is 3.13. The maximum atomic E-state index is 15.1. The fourth-order valence-electron chi connectivity index (χ4n) is 5.12. The Morgan fingerprint density at radius 2 is 1.79 bits per heavy atom. The molecule has 0 spiro atoms. The number of nitrogens with zero attached hydrogens (tertiary/aromatic N) is 5. The zero-order chi connectivity index (χ0) is 28.5. The SMILES string of the molecule is C.COc1cccc(F)c1C1=NCc2cnc(Nc3ccc(C(=O)N4CCN(C)CC4)cc3)nc2-c2ccc(Cl)cc21. The number of piperazine rings is 1. The predicted molar refractivity (Wildman–Crippen MR) is 165 cm³/mol. The van der Waals surface area contributed by atoms with Crippen molar-refractivity contribution < 1.29 is 13.9 Å². The lowest BCUT2D eigenvalue weighted by Gasteiger charge is -2.32. The Balaban J connectivity index is 0.00000353. The molecule has 3 heterocycles. The van der Waals surface area contributed by atoms with Crippen LogP contribution in [0.15, 0.2) is 71.9 Å². The molecule has 1 fully saturated rings. The number of nitrogens with one attached hydrogen (secondary N) is 1. The zero-order valence-corrected chi connectivity index (χ0v) is 23.5. The summed E-state index contributed by atoms with van der Waals surface area (Å²) in [6.07, 6.45) is 1.72. The molecule has 0 aliphatic carbocycles. The summed E-state index contributed by atoms with van der Waals surface area (Å²) >= 11 is 6.40. The van der Waals surface area contributed by atoms with Crippen LogP contribution >= 0.6 is 11.6 Å². The summed E-state index contributed by atoms with van der Waals surface area (Å²) in [5.74, 6) is 0.352. The van der Waals surface area contributed by atoms with Gasteiger partial charge in [0.1, 0.15) is 11.6 Å². The van der Waals surface area contributed by atoms with E-state index in [2.05, 4.69) is 22.2 Å². The van der Waals surface area contributed by atoms with Crippen molar-refractivity contribution >= 4 is 34.9 Å². The van der Waals surface area contributed by atoms with Gasteiger partial charge >= 0.3 is 0 Å². The number of amides is 1. The Kier molecular flexibility index (Phi) is 8.51. The monoisotopic (exact) mass is 586 g/mol. The van der Waals surface area contributed by atoms with E-state index in [-0.39, 0.29) is 25.4 Å². The molecule has 42 heavy (non-hydrogen) atoms. The van der Waals surface area contributed by atoms with Gasteiger partial charge in [-0.15, -0.1) is 0 Å². The molecule has 6 rings (SSSR count). The van der Waals surface area contributed by atoms with Gasteiger partial charge < -0.3 is 19.9 Å². The van der Waals surface area contributed by atoms with Crippen LogP contribution in [-0.2, 0) is 6.54 Å². The molecule has 10 heteroatoms. The van der Waals surface area contributed by atoms with E-state index in [1.54, 1.807) is 30.5 Å². The van der Waals surface area contributed by atoms with E-state index in [4.69, 9.17) is 26.3 Å². The minimum Gasteiger partial charge on any atom is -0.496 e. The second kappa shape index (κ2) is 12.3. The lowest BCUT2D eigenvalue weighted by Crippen LogP contribution is -2.47. The Labute approximate surface area is 249 Å². The molecule has 1 amide bonds. The number of anilines is 2. The van der Waals surface area contributed by atoms with E-state index in [9.17, 15) is 4.79 Å². The zero-order valence-electron chi connectivity index (χ0n) is 22.7. The summed E-state index contributed by atoms with van der Waals surface area (Å²) in [5.41, 5.74) is 4.96. The molecule has 1 N–H and O–H groups in total. The molecule has 0 unspecified atom stereocenters. The van der Waals surface area contributed by atoms with Crippen molar-refractivity contribution in [1.82, 2.24) is 19.8 Å². The van der Waals surface area contributed by atoms with Crippen LogP contribution in [0.4, 0.5) is 16.0 Å². The highest BCUT2D eigenvalue weighted by atomic mass is 35.5. The normalized spacial score (nSPS) is 14.6. The van der Waals surface area contributed by atoms with Gasteiger partial charge in [-0.2, -0.15) is 0 Å². The number of aliphatic imine (C=N–C) groups is 1. The van der Waals surface area contributed by atoms with Crippen molar-refractivity contribution in [3.05, 3.63) is 100.0 Å². The topological polar surface area (TPSA) is 83.0 Å². The first kappa shape index (κ1) is 29.2. The number of halogens is 2. The van der Waals surface area contributed by atoms with Crippen LogP contribution in [-0.4, -0.2) is 71.7 Å². The number of methoxy groups -OCH3 is 1. The van der Waals surface area contributed by atoms with Crippen LogP contribution in [0.25, 0.3) is 11.3 Å². The summed E-state index contributed by atoms with van der Waals surface area (Å²) < 4.78 is 20.6. The molecule has 3 aromatic carbocycles. The molecular weight excluding hydrogens is 555 g/mol. The summed E-state index contributed by atoms with van der Waals surface area (Å²) in [7, 11) is 3.56. The summed E-state index contributed by atoms with van der Waals surface area (Å²) in [5, 5.41) is 3.74. The van der Waals surface area contributed by atoms with Crippen LogP contribution < -0.4 is 10.1 Å². The second-order valence-corrected chi connectivity index (χ2v) is 10.5. The van der Waals surface area contributed by atoms with E-state index in [0.29, 0.717) is 39.3 Å². The van der Waals surface area contributed by atoms with Crippen molar-refractivity contribution in [2.45, 2.75) is 14.0 Å². The number of likely N-dealkylation sites (N-methyl/N-ethyl adjacent to an activating group) is 1. The average molecular weight is 587 g/mol. The van der Waals surface area contributed by atoms with Crippen molar-refractivity contribution in [3.8, 4) is 17.0 Å².